The van der Waals surface area contributed by atoms with Crippen molar-refractivity contribution in [1.29, 1.82) is 0 Å². The molecule has 0 unspecified atom stereocenters. The molecule has 104 valence electrons. The lowest BCUT2D eigenvalue weighted by Gasteiger charge is -2.31. The molecule has 0 bridgehead atoms. The zero-order chi connectivity index (χ0) is 13.9. The Hall–Kier alpha value is -1.49. The molecule has 19 heavy (non-hydrogen) atoms. The Morgan fingerprint density at radius 1 is 1.32 bits per heavy atom. The number of rotatable bonds is 5. The summed E-state index contributed by atoms with van der Waals surface area (Å²) in [5.41, 5.74) is -0.107. The molecule has 0 heterocycles. The Labute approximate surface area is 110 Å². The standard InChI is InChI=1S/C14H17F2NO2/c15-10-3-4-11(12(16)9-10)14(6-1-2-7-14)17-8-5-13(18)19/h3-4,9,17H,1-2,5-8H2,(H,18,19). The summed E-state index contributed by atoms with van der Waals surface area (Å²) in [6.07, 6.45) is 3.39. The van der Waals surface area contributed by atoms with Crippen molar-refractivity contribution in [1.82, 2.24) is 5.32 Å². The maximum atomic E-state index is 13.9. The fourth-order valence-electron chi connectivity index (χ4n) is 2.81. The molecule has 1 aliphatic carbocycles. The van der Waals surface area contributed by atoms with E-state index in [-0.39, 0.29) is 13.0 Å². The molecule has 2 rings (SSSR count). The lowest BCUT2D eigenvalue weighted by atomic mass is 9.87. The second-order valence-electron chi connectivity index (χ2n) is 4.98. The highest BCUT2D eigenvalue weighted by molar-refractivity contribution is 5.66. The molecule has 0 radical (unpaired) electrons. The Bertz CT molecular complexity index is 471. The van der Waals surface area contributed by atoms with Crippen LogP contribution >= 0.6 is 0 Å². The molecular formula is C14H17F2NO2. The minimum absolute atomic E-state index is 0.00936. The summed E-state index contributed by atoms with van der Waals surface area (Å²) in [7, 11) is 0. The van der Waals surface area contributed by atoms with Crippen molar-refractivity contribution in [2.45, 2.75) is 37.6 Å². The predicted molar refractivity (Wildman–Crippen MR) is 66.8 cm³/mol. The van der Waals surface area contributed by atoms with Gasteiger partial charge in [-0.1, -0.05) is 18.9 Å². The van der Waals surface area contributed by atoms with Gasteiger partial charge >= 0.3 is 5.97 Å². The molecule has 0 atom stereocenters. The van der Waals surface area contributed by atoms with Crippen LogP contribution in [0.1, 0.15) is 37.7 Å². The lowest BCUT2D eigenvalue weighted by molar-refractivity contribution is -0.136. The van der Waals surface area contributed by atoms with Gasteiger partial charge in [0.2, 0.25) is 0 Å². The Balaban J connectivity index is 2.20. The average Bonchev–Trinajstić information content (AvgIpc) is 2.78. The summed E-state index contributed by atoms with van der Waals surface area (Å²) < 4.78 is 26.9. The SMILES string of the molecule is O=C(O)CCNC1(c2ccc(F)cc2F)CCCC1. The molecule has 1 saturated carbocycles. The predicted octanol–water partition coefficient (Wildman–Crippen LogP) is 2.80. The zero-order valence-electron chi connectivity index (χ0n) is 10.6. The van der Waals surface area contributed by atoms with Crippen molar-refractivity contribution in [2.75, 3.05) is 6.54 Å². The second kappa shape index (κ2) is 5.65. The van der Waals surface area contributed by atoms with E-state index in [9.17, 15) is 13.6 Å². The van der Waals surface area contributed by atoms with E-state index in [2.05, 4.69) is 5.32 Å². The average molecular weight is 269 g/mol. The number of carboxylic acid groups (broad SMARTS) is 1. The van der Waals surface area contributed by atoms with Crippen LogP contribution in [0.15, 0.2) is 18.2 Å². The number of hydrogen-bond donors (Lipinski definition) is 2. The fraction of sp³-hybridized carbons (Fsp3) is 0.500. The molecule has 0 aliphatic heterocycles. The number of carboxylic acids is 1. The highest BCUT2D eigenvalue weighted by Gasteiger charge is 2.37. The first kappa shape index (κ1) is 13.9. The highest BCUT2D eigenvalue weighted by atomic mass is 19.1. The van der Waals surface area contributed by atoms with Crippen molar-refractivity contribution in [2.24, 2.45) is 0 Å². The van der Waals surface area contributed by atoms with Gasteiger partial charge in [-0.2, -0.15) is 0 Å². The van der Waals surface area contributed by atoms with Crippen molar-refractivity contribution in [3.63, 3.8) is 0 Å². The van der Waals surface area contributed by atoms with Gasteiger partial charge in [-0.25, -0.2) is 8.78 Å². The van der Waals surface area contributed by atoms with Gasteiger partial charge in [0.15, 0.2) is 0 Å². The van der Waals surface area contributed by atoms with E-state index < -0.39 is 23.1 Å². The summed E-state index contributed by atoms with van der Waals surface area (Å²) in [5.74, 6) is -2.05. The molecule has 1 aromatic carbocycles. The molecule has 0 amide bonds. The monoisotopic (exact) mass is 269 g/mol. The highest BCUT2D eigenvalue weighted by Crippen LogP contribution is 2.39. The molecule has 5 heteroatoms. The lowest BCUT2D eigenvalue weighted by Crippen LogP contribution is -2.41. The molecular weight excluding hydrogens is 252 g/mol. The number of nitrogens with one attached hydrogen (secondary N) is 1. The van der Waals surface area contributed by atoms with Crippen LogP contribution in [-0.2, 0) is 10.3 Å². The zero-order valence-corrected chi connectivity index (χ0v) is 10.6. The van der Waals surface area contributed by atoms with Gasteiger partial charge in [-0.3, -0.25) is 4.79 Å². The summed E-state index contributed by atoms with van der Waals surface area (Å²) in [6.45, 7) is 0.284. The van der Waals surface area contributed by atoms with E-state index in [1.165, 1.54) is 12.1 Å². The Kier molecular flexibility index (Phi) is 4.14. The Morgan fingerprint density at radius 3 is 2.58 bits per heavy atom. The van der Waals surface area contributed by atoms with E-state index >= 15 is 0 Å². The minimum atomic E-state index is -0.889. The first-order valence-corrected chi connectivity index (χ1v) is 6.46. The third-order valence-corrected chi connectivity index (χ3v) is 3.71. The maximum absolute atomic E-state index is 13.9. The number of benzene rings is 1. The van der Waals surface area contributed by atoms with Crippen molar-refractivity contribution >= 4 is 5.97 Å². The van der Waals surface area contributed by atoms with Crippen LogP contribution in [0.3, 0.4) is 0 Å². The second-order valence-corrected chi connectivity index (χ2v) is 4.98. The molecule has 3 nitrogen and oxygen atoms in total. The first-order valence-electron chi connectivity index (χ1n) is 6.46. The van der Waals surface area contributed by atoms with E-state index in [4.69, 9.17) is 5.11 Å². The molecule has 0 aromatic heterocycles. The summed E-state index contributed by atoms with van der Waals surface area (Å²) >= 11 is 0. The van der Waals surface area contributed by atoms with Gasteiger partial charge in [-0.15, -0.1) is 0 Å². The normalized spacial score (nSPS) is 17.6. The van der Waals surface area contributed by atoms with Crippen LogP contribution in [0, 0.1) is 11.6 Å². The van der Waals surface area contributed by atoms with Crippen LogP contribution in [0.25, 0.3) is 0 Å². The first-order chi connectivity index (χ1) is 9.03. The smallest absolute Gasteiger partial charge is 0.304 e. The maximum Gasteiger partial charge on any atom is 0.304 e. The third kappa shape index (κ3) is 3.10. The molecule has 1 aromatic rings. The molecule has 1 aliphatic rings. The topological polar surface area (TPSA) is 49.3 Å². The third-order valence-electron chi connectivity index (χ3n) is 3.71. The molecule has 1 fully saturated rings. The summed E-state index contributed by atoms with van der Waals surface area (Å²) in [6, 6.07) is 3.59. The van der Waals surface area contributed by atoms with Crippen LogP contribution in [0.2, 0.25) is 0 Å². The van der Waals surface area contributed by atoms with E-state index in [1.807, 2.05) is 0 Å². The van der Waals surface area contributed by atoms with Crippen LogP contribution in [0.5, 0.6) is 0 Å². The number of hydrogen-bond acceptors (Lipinski definition) is 2. The number of halogens is 2. The van der Waals surface area contributed by atoms with Crippen molar-refractivity contribution < 1.29 is 18.7 Å². The molecule has 0 spiro atoms. The largest absolute Gasteiger partial charge is 0.481 e. The quantitative estimate of drug-likeness (QED) is 0.864. The van der Waals surface area contributed by atoms with Gasteiger partial charge in [0, 0.05) is 23.7 Å². The summed E-state index contributed by atoms with van der Waals surface area (Å²) in [4.78, 5) is 10.6. The Morgan fingerprint density at radius 2 is 2.00 bits per heavy atom. The van der Waals surface area contributed by atoms with Crippen molar-refractivity contribution in [3.05, 3.63) is 35.4 Å². The number of carbonyl (C=O) groups is 1. The van der Waals surface area contributed by atoms with E-state index in [0.717, 1.165) is 31.7 Å². The van der Waals surface area contributed by atoms with Crippen LogP contribution in [0.4, 0.5) is 8.78 Å². The van der Waals surface area contributed by atoms with Crippen molar-refractivity contribution in [3.8, 4) is 0 Å². The van der Waals surface area contributed by atoms with Gasteiger partial charge in [0.05, 0.1) is 6.42 Å². The van der Waals surface area contributed by atoms with Gasteiger partial charge in [0.1, 0.15) is 11.6 Å². The van der Waals surface area contributed by atoms with Gasteiger partial charge in [-0.05, 0) is 18.9 Å². The molecule has 2 N–H and O–H groups in total. The van der Waals surface area contributed by atoms with Gasteiger partial charge < -0.3 is 10.4 Å². The minimum Gasteiger partial charge on any atom is -0.481 e. The van der Waals surface area contributed by atoms with E-state index in [1.54, 1.807) is 0 Å². The number of aliphatic carboxylic acids is 1. The van der Waals surface area contributed by atoms with Crippen LogP contribution < -0.4 is 5.32 Å². The van der Waals surface area contributed by atoms with Gasteiger partial charge in [0.25, 0.3) is 0 Å². The fourth-order valence-corrected chi connectivity index (χ4v) is 2.81. The summed E-state index contributed by atoms with van der Waals surface area (Å²) in [5, 5.41) is 11.8. The van der Waals surface area contributed by atoms with E-state index in [0.29, 0.717) is 5.56 Å². The van der Waals surface area contributed by atoms with Crippen LogP contribution in [-0.4, -0.2) is 17.6 Å². The molecule has 0 saturated heterocycles.